The predicted molar refractivity (Wildman–Crippen MR) is 60.7 cm³/mol. The van der Waals surface area contributed by atoms with Gasteiger partial charge in [-0.25, -0.2) is 4.39 Å². The zero-order valence-electron chi connectivity index (χ0n) is 9.72. The molecule has 15 heavy (non-hydrogen) atoms. The minimum atomic E-state index is -0.198. The minimum Gasteiger partial charge on any atom is -0.493 e. The molecule has 0 bridgehead atoms. The molecule has 0 aliphatic heterocycles. The van der Waals surface area contributed by atoms with Gasteiger partial charge in [0.1, 0.15) is 11.6 Å². The second-order valence-electron chi connectivity index (χ2n) is 4.12. The van der Waals surface area contributed by atoms with Gasteiger partial charge in [-0.15, -0.1) is 0 Å². The quantitative estimate of drug-likeness (QED) is 0.715. The summed E-state index contributed by atoms with van der Waals surface area (Å²) in [6.45, 7) is 6.71. The summed E-state index contributed by atoms with van der Waals surface area (Å²) in [6.07, 6.45) is 2.31. The molecule has 0 aliphatic rings. The van der Waals surface area contributed by atoms with E-state index in [2.05, 4.69) is 13.8 Å². The predicted octanol–water partition coefficient (Wildman–Crippen LogP) is 3.95. The average Bonchev–Trinajstić information content (AvgIpc) is 2.20. The Kier molecular flexibility index (Phi) is 4.60. The number of halogens is 1. The smallest absolute Gasteiger partial charge is 0.129 e. The molecular formula is C13H19FO. The first-order valence-electron chi connectivity index (χ1n) is 5.52. The van der Waals surface area contributed by atoms with Crippen LogP contribution in [0.3, 0.4) is 0 Å². The van der Waals surface area contributed by atoms with E-state index in [-0.39, 0.29) is 5.82 Å². The third kappa shape index (κ3) is 3.90. The van der Waals surface area contributed by atoms with Crippen molar-refractivity contribution < 1.29 is 9.13 Å². The number of ether oxygens (including phenoxy) is 1. The number of hydrogen-bond acceptors (Lipinski definition) is 1. The van der Waals surface area contributed by atoms with Crippen molar-refractivity contribution >= 4 is 0 Å². The zero-order valence-corrected chi connectivity index (χ0v) is 9.72. The standard InChI is InChI=1S/C13H19FO/c1-4-5-10(2)9-15-12-7-6-11(3)13(14)8-12/h6-8,10H,4-5,9H2,1-3H3. The Morgan fingerprint density at radius 2 is 2.13 bits per heavy atom. The van der Waals surface area contributed by atoms with Crippen LogP contribution in [0.2, 0.25) is 0 Å². The number of rotatable bonds is 5. The van der Waals surface area contributed by atoms with Gasteiger partial charge in [-0.2, -0.15) is 0 Å². The van der Waals surface area contributed by atoms with Gasteiger partial charge in [0.2, 0.25) is 0 Å². The maximum atomic E-state index is 13.2. The Bertz CT molecular complexity index is 309. The van der Waals surface area contributed by atoms with Gasteiger partial charge in [-0.3, -0.25) is 0 Å². The van der Waals surface area contributed by atoms with Crippen LogP contribution in [0.4, 0.5) is 4.39 Å². The van der Waals surface area contributed by atoms with Crippen molar-refractivity contribution in [2.75, 3.05) is 6.61 Å². The van der Waals surface area contributed by atoms with Crippen LogP contribution in [0.5, 0.6) is 5.75 Å². The molecular weight excluding hydrogens is 191 g/mol. The van der Waals surface area contributed by atoms with Gasteiger partial charge >= 0.3 is 0 Å². The average molecular weight is 210 g/mol. The molecule has 1 unspecified atom stereocenters. The maximum absolute atomic E-state index is 13.2. The molecule has 0 N–H and O–H groups in total. The van der Waals surface area contributed by atoms with Crippen LogP contribution in [0.25, 0.3) is 0 Å². The molecule has 0 aliphatic carbocycles. The topological polar surface area (TPSA) is 9.23 Å². The van der Waals surface area contributed by atoms with Gasteiger partial charge in [-0.05, 0) is 30.9 Å². The van der Waals surface area contributed by atoms with Crippen molar-refractivity contribution in [1.29, 1.82) is 0 Å². The fourth-order valence-electron chi connectivity index (χ4n) is 1.48. The Hall–Kier alpha value is -1.05. The summed E-state index contributed by atoms with van der Waals surface area (Å²) in [6, 6.07) is 5.01. The van der Waals surface area contributed by atoms with Crippen LogP contribution in [-0.4, -0.2) is 6.61 Å². The van der Waals surface area contributed by atoms with E-state index in [1.807, 2.05) is 6.07 Å². The SMILES string of the molecule is CCCC(C)COc1ccc(C)c(F)c1. The summed E-state index contributed by atoms with van der Waals surface area (Å²) in [4.78, 5) is 0. The maximum Gasteiger partial charge on any atom is 0.129 e. The van der Waals surface area contributed by atoms with Crippen LogP contribution in [0.1, 0.15) is 32.3 Å². The lowest BCUT2D eigenvalue weighted by Gasteiger charge is -2.12. The molecule has 0 fully saturated rings. The molecule has 0 radical (unpaired) electrons. The van der Waals surface area contributed by atoms with E-state index in [0.717, 1.165) is 12.8 Å². The van der Waals surface area contributed by atoms with Crippen molar-refractivity contribution in [3.05, 3.63) is 29.6 Å². The molecule has 0 amide bonds. The highest BCUT2D eigenvalue weighted by Gasteiger charge is 2.03. The highest BCUT2D eigenvalue weighted by molar-refractivity contribution is 5.27. The first kappa shape index (κ1) is 12.0. The largest absolute Gasteiger partial charge is 0.493 e. The molecule has 1 atom stereocenters. The third-order valence-electron chi connectivity index (χ3n) is 2.46. The normalized spacial score (nSPS) is 12.5. The lowest BCUT2D eigenvalue weighted by Crippen LogP contribution is -2.08. The molecule has 1 rings (SSSR count). The zero-order chi connectivity index (χ0) is 11.3. The lowest BCUT2D eigenvalue weighted by atomic mass is 10.1. The van der Waals surface area contributed by atoms with E-state index in [1.54, 1.807) is 13.0 Å². The number of aryl methyl sites for hydroxylation is 1. The van der Waals surface area contributed by atoms with Crippen molar-refractivity contribution in [3.8, 4) is 5.75 Å². The number of benzene rings is 1. The molecule has 84 valence electrons. The summed E-state index contributed by atoms with van der Waals surface area (Å²) >= 11 is 0. The van der Waals surface area contributed by atoms with E-state index in [9.17, 15) is 4.39 Å². The van der Waals surface area contributed by atoms with Crippen LogP contribution >= 0.6 is 0 Å². The summed E-state index contributed by atoms with van der Waals surface area (Å²) in [5, 5.41) is 0. The molecule has 0 saturated heterocycles. The first-order valence-corrected chi connectivity index (χ1v) is 5.52. The van der Waals surface area contributed by atoms with Gasteiger partial charge in [0, 0.05) is 6.07 Å². The second-order valence-corrected chi connectivity index (χ2v) is 4.12. The second kappa shape index (κ2) is 5.74. The van der Waals surface area contributed by atoms with Gasteiger partial charge < -0.3 is 4.74 Å². The third-order valence-corrected chi connectivity index (χ3v) is 2.46. The van der Waals surface area contributed by atoms with Crippen molar-refractivity contribution in [1.82, 2.24) is 0 Å². The first-order chi connectivity index (χ1) is 7.13. The van der Waals surface area contributed by atoms with E-state index in [0.29, 0.717) is 23.8 Å². The summed E-state index contributed by atoms with van der Waals surface area (Å²) in [7, 11) is 0. The van der Waals surface area contributed by atoms with Crippen molar-refractivity contribution in [2.24, 2.45) is 5.92 Å². The Balaban J connectivity index is 2.47. The Morgan fingerprint density at radius 1 is 1.40 bits per heavy atom. The van der Waals surface area contributed by atoms with E-state index < -0.39 is 0 Å². The van der Waals surface area contributed by atoms with Crippen LogP contribution in [0.15, 0.2) is 18.2 Å². The molecule has 1 aromatic rings. The van der Waals surface area contributed by atoms with E-state index in [1.165, 1.54) is 6.07 Å². The molecule has 0 aromatic heterocycles. The van der Waals surface area contributed by atoms with Crippen LogP contribution in [0, 0.1) is 18.7 Å². The molecule has 2 heteroatoms. The molecule has 1 nitrogen and oxygen atoms in total. The highest BCUT2D eigenvalue weighted by atomic mass is 19.1. The number of hydrogen-bond donors (Lipinski definition) is 0. The molecule has 0 heterocycles. The fourth-order valence-corrected chi connectivity index (χ4v) is 1.48. The van der Waals surface area contributed by atoms with Crippen LogP contribution < -0.4 is 4.74 Å². The molecule has 0 spiro atoms. The molecule has 1 aromatic carbocycles. The van der Waals surface area contributed by atoms with Crippen molar-refractivity contribution in [2.45, 2.75) is 33.6 Å². The minimum absolute atomic E-state index is 0.198. The molecule has 0 saturated carbocycles. The van der Waals surface area contributed by atoms with Crippen LogP contribution in [-0.2, 0) is 0 Å². The van der Waals surface area contributed by atoms with Gasteiger partial charge in [0.05, 0.1) is 6.61 Å². The van der Waals surface area contributed by atoms with Gasteiger partial charge in [0.15, 0.2) is 0 Å². The Labute approximate surface area is 91.3 Å². The Morgan fingerprint density at radius 3 is 2.73 bits per heavy atom. The van der Waals surface area contributed by atoms with E-state index >= 15 is 0 Å². The lowest BCUT2D eigenvalue weighted by molar-refractivity contribution is 0.250. The van der Waals surface area contributed by atoms with Gasteiger partial charge in [0.25, 0.3) is 0 Å². The van der Waals surface area contributed by atoms with E-state index in [4.69, 9.17) is 4.74 Å². The fraction of sp³-hybridized carbons (Fsp3) is 0.538. The monoisotopic (exact) mass is 210 g/mol. The summed E-state index contributed by atoms with van der Waals surface area (Å²) in [5.74, 6) is 0.955. The summed E-state index contributed by atoms with van der Waals surface area (Å²) < 4.78 is 18.7. The van der Waals surface area contributed by atoms with Crippen molar-refractivity contribution in [3.63, 3.8) is 0 Å². The van der Waals surface area contributed by atoms with Gasteiger partial charge in [-0.1, -0.05) is 26.3 Å². The summed E-state index contributed by atoms with van der Waals surface area (Å²) in [5.41, 5.74) is 0.656. The highest BCUT2D eigenvalue weighted by Crippen LogP contribution is 2.17.